The van der Waals surface area contributed by atoms with Crippen LogP contribution in [0.3, 0.4) is 0 Å². The summed E-state index contributed by atoms with van der Waals surface area (Å²) in [6.45, 7) is 2.43. The molecule has 0 saturated carbocycles. The van der Waals surface area contributed by atoms with Crippen LogP contribution in [0.25, 0.3) is 0 Å². The van der Waals surface area contributed by atoms with Crippen molar-refractivity contribution < 1.29 is 19.5 Å². The van der Waals surface area contributed by atoms with Gasteiger partial charge >= 0.3 is 11.7 Å². The Morgan fingerprint density at radius 1 is 1.29 bits per heavy atom. The highest BCUT2D eigenvalue weighted by molar-refractivity contribution is 6.47. The van der Waals surface area contributed by atoms with Crippen molar-refractivity contribution in [1.29, 1.82) is 5.26 Å². The van der Waals surface area contributed by atoms with E-state index < -0.39 is 27.2 Å². The van der Waals surface area contributed by atoms with E-state index in [2.05, 4.69) is 20.5 Å². The van der Waals surface area contributed by atoms with E-state index in [0.717, 1.165) is 25.1 Å². The highest BCUT2D eigenvalue weighted by Crippen LogP contribution is 2.28. The predicted octanol–water partition coefficient (Wildman–Crippen LogP) is 1.73. The molecule has 12 heteroatoms. The molecule has 124 valence electrons. The van der Waals surface area contributed by atoms with Gasteiger partial charge in [0.25, 0.3) is 5.69 Å². The molecule has 12 nitrogen and oxygen atoms in total. The molecule has 0 radical (unpaired) electrons. The summed E-state index contributed by atoms with van der Waals surface area (Å²) in [5.41, 5.74) is 0.802. The number of hydrazone groups is 1. The summed E-state index contributed by atoms with van der Waals surface area (Å²) in [4.78, 5) is 35.0. The van der Waals surface area contributed by atoms with Gasteiger partial charge in [0.15, 0.2) is 0 Å². The molecule has 0 heterocycles. The fraction of sp³-hybridized carbons (Fsp3) is 0.167. The van der Waals surface area contributed by atoms with Crippen LogP contribution in [0, 0.1) is 31.6 Å². The van der Waals surface area contributed by atoms with Gasteiger partial charge in [0.1, 0.15) is 11.8 Å². The molecule has 0 aliphatic heterocycles. The molecule has 0 aliphatic rings. The molecule has 0 atom stereocenters. The van der Waals surface area contributed by atoms with Crippen LogP contribution in [0.2, 0.25) is 0 Å². The highest BCUT2D eigenvalue weighted by Gasteiger charge is 2.19. The molecule has 1 rings (SSSR count). The summed E-state index contributed by atoms with van der Waals surface area (Å²) in [6.07, 6.45) is 0. The second kappa shape index (κ2) is 7.94. The van der Waals surface area contributed by atoms with E-state index in [1.807, 2.05) is 0 Å². The third-order valence-corrected chi connectivity index (χ3v) is 2.45. The van der Waals surface area contributed by atoms with Crippen molar-refractivity contribution >= 4 is 34.5 Å². The Labute approximate surface area is 134 Å². The standard InChI is InChI=1S/C12H10N6O6/c1-7(11(6-13)16-24-8(2)19)14-15-10-4-3-9(17(20)21)5-12(10)18(22)23/h3-5,15H,1-2H3/b14-7+,16-11+. The Morgan fingerprint density at radius 2 is 1.96 bits per heavy atom. The van der Waals surface area contributed by atoms with Crippen LogP contribution < -0.4 is 5.43 Å². The minimum Gasteiger partial charge on any atom is -0.317 e. The van der Waals surface area contributed by atoms with Crippen LogP contribution in [-0.4, -0.2) is 27.2 Å². The van der Waals surface area contributed by atoms with Gasteiger partial charge in [0, 0.05) is 13.0 Å². The molecule has 1 aromatic rings. The minimum atomic E-state index is -0.821. The SMILES string of the molecule is CC(=O)O/N=C(C#N)/C(C)=N/Nc1ccc([N+](=O)[O-])cc1[N+](=O)[O-]. The van der Waals surface area contributed by atoms with Crippen LogP contribution in [0.1, 0.15) is 13.8 Å². The van der Waals surface area contributed by atoms with Gasteiger partial charge in [-0.05, 0) is 13.0 Å². The molecular weight excluding hydrogens is 324 g/mol. The largest absolute Gasteiger partial charge is 0.332 e. The summed E-state index contributed by atoms with van der Waals surface area (Å²) in [6, 6.07) is 4.56. The van der Waals surface area contributed by atoms with Gasteiger partial charge in [-0.15, -0.1) is 0 Å². The minimum absolute atomic E-state index is 0.0219. The first-order valence-electron chi connectivity index (χ1n) is 6.15. The molecule has 0 spiro atoms. The van der Waals surface area contributed by atoms with Gasteiger partial charge in [0.2, 0.25) is 5.71 Å². The Morgan fingerprint density at radius 3 is 2.46 bits per heavy atom. The molecule has 0 aromatic heterocycles. The molecule has 24 heavy (non-hydrogen) atoms. The fourth-order valence-electron chi connectivity index (χ4n) is 1.35. The maximum Gasteiger partial charge on any atom is 0.332 e. The number of nitro benzene ring substituents is 2. The van der Waals surface area contributed by atoms with Crippen molar-refractivity contribution in [2.24, 2.45) is 10.3 Å². The summed E-state index contributed by atoms with van der Waals surface area (Å²) >= 11 is 0. The topological polar surface area (TPSA) is 173 Å². The van der Waals surface area contributed by atoms with E-state index in [1.165, 1.54) is 6.92 Å². The van der Waals surface area contributed by atoms with Crippen LogP contribution in [-0.2, 0) is 9.63 Å². The zero-order chi connectivity index (χ0) is 18.3. The van der Waals surface area contributed by atoms with E-state index in [4.69, 9.17) is 5.26 Å². The van der Waals surface area contributed by atoms with Crippen LogP contribution in [0.15, 0.2) is 28.5 Å². The number of nitrogens with one attached hydrogen (secondary N) is 1. The maximum atomic E-state index is 11.0. The van der Waals surface area contributed by atoms with E-state index in [-0.39, 0.29) is 17.1 Å². The molecule has 0 unspecified atom stereocenters. The number of hydrogen-bond donors (Lipinski definition) is 1. The summed E-state index contributed by atoms with van der Waals surface area (Å²) in [5, 5.41) is 37.5. The third-order valence-electron chi connectivity index (χ3n) is 2.45. The first-order valence-corrected chi connectivity index (χ1v) is 6.15. The van der Waals surface area contributed by atoms with Gasteiger partial charge in [-0.2, -0.15) is 10.4 Å². The second-order valence-electron chi connectivity index (χ2n) is 4.16. The Hall–Kier alpha value is -3.88. The molecule has 1 N–H and O–H groups in total. The smallest absolute Gasteiger partial charge is 0.317 e. The average molecular weight is 334 g/mol. The number of benzene rings is 1. The number of rotatable bonds is 6. The van der Waals surface area contributed by atoms with Crippen LogP contribution in [0.4, 0.5) is 17.1 Å². The van der Waals surface area contributed by atoms with Gasteiger partial charge in [-0.25, -0.2) is 4.79 Å². The summed E-state index contributed by atoms with van der Waals surface area (Å²) < 4.78 is 0. The van der Waals surface area contributed by atoms with E-state index in [0.29, 0.717) is 0 Å². The lowest BCUT2D eigenvalue weighted by molar-refractivity contribution is -0.393. The lowest BCUT2D eigenvalue weighted by Gasteiger charge is -2.03. The number of nitriles is 1. The molecular formula is C12H10N6O6. The van der Waals surface area contributed by atoms with Gasteiger partial charge < -0.3 is 4.84 Å². The van der Waals surface area contributed by atoms with E-state index in [1.54, 1.807) is 6.07 Å². The maximum absolute atomic E-state index is 11.0. The molecule has 0 aliphatic carbocycles. The second-order valence-corrected chi connectivity index (χ2v) is 4.16. The summed E-state index contributed by atoms with van der Waals surface area (Å²) in [5.74, 6) is -0.741. The average Bonchev–Trinajstić information content (AvgIpc) is 2.52. The van der Waals surface area contributed by atoms with Crippen LogP contribution in [0.5, 0.6) is 0 Å². The molecule has 0 saturated heterocycles. The van der Waals surface area contributed by atoms with E-state index >= 15 is 0 Å². The normalized spacial score (nSPS) is 11.4. The first-order chi connectivity index (χ1) is 11.3. The Balaban J connectivity index is 3.10. The van der Waals surface area contributed by atoms with Crippen molar-refractivity contribution in [3.8, 4) is 6.07 Å². The number of anilines is 1. The van der Waals surface area contributed by atoms with Crippen molar-refractivity contribution in [2.45, 2.75) is 13.8 Å². The Bertz CT molecular complexity index is 794. The molecule has 1 aromatic carbocycles. The fourth-order valence-corrected chi connectivity index (χ4v) is 1.35. The zero-order valence-electron chi connectivity index (χ0n) is 12.4. The van der Waals surface area contributed by atoms with Gasteiger partial charge in [-0.3, -0.25) is 25.7 Å². The third kappa shape index (κ3) is 4.84. The van der Waals surface area contributed by atoms with Crippen LogP contribution >= 0.6 is 0 Å². The first kappa shape index (κ1) is 18.2. The van der Waals surface area contributed by atoms with Crippen molar-refractivity contribution in [2.75, 3.05) is 5.43 Å². The van der Waals surface area contributed by atoms with Gasteiger partial charge in [-0.1, -0.05) is 5.16 Å². The predicted molar refractivity (Wildman–Crippen MR) is 81.3 cm³/mol. The summed E-state index contributed by atoms with van der Waals surface area (Å²) in [7, 11) is 0. The number of hydrogen-bond acceptors (Lipinski definition) is 10. The molecule has 0 bridgehead atoms. The zero-order valence-corrected chi connectivity index (χ0v) is 12.4. The van der Waals surface area contributed by atoms with Crippen molar-refractivity contribution in [3.05, 3.63) is 38.4 Å². The lowest BCUT2D eigenvalue weighted by atomic mass is 10.2. The van der Waals surface area contributed by atoms with Crippen molar-refractivity contribution in [3.63, 3.8) is 0 Å². The number of carbonyl (C=O) groups is 1. The number of nitrogens with zero attached hydrogens (tertiary/aromatic N) is 5. The number of carbonyl (C=O) groups excluding carboxylic acids is 1. The van der Waals surface area contributed by atoms with Gasteiger partial charge in [0.05, 0.1) is 21.6 Å². The lowest BCUT2D eigenvalue weighted by Crippen LogP contribution is -2.12. The Kier molecular flexibility index (Phi) is 6.01. The molecule has 0 amide bonds. The van der Waals surface area contributed by atoms with Crippen molar-refractivity contribution in [1.82, 2.24) is 0 Å². The molecule has 0 fully saturated rings. The highest BCUT2D eigenvalue weighted by atomic mass is 16.7. The monoisotopic (exact) mass is 334 g/mol. The number of non-ortho nitro benzene ring substituents is 1. The van der Waals surface area contributed by atoms with E-state index in [9.17, 15) is 25.0 Å². The number of nitro groups is 2. The quantitative estimate of drug-likeness (QED) is 0.354. The number of oxime groups is 1.